The number of alkyl halides is 3. The van der Waals surface area contributed by atoms with Gasteiger partial charge < -0.3 is 10.6 Å². The number of nitrogens with zero attached hydrogens (tertiary/aromatic N) is 2. The van der Waals surface area contributed by atoms with E-state index in [-0.39, 0.29) is 5.02 Å². The molecule has 0 amide bonds. The second-order valence-corrected chi connectivity index (χ2v) is 5.97. The Kier molecular flexibility index (Phi) is 4.10. The fourth-order valence-electron chi connectivity index (χ4n) is 2.80. The smallest absolute Gasteiger partial charge is 0.384 e. The standard InChI is InChI=1S/C16H15ClF3N3/c17-13-7-12(16(18,19)20)4-3-11(13)9-23-5-1-2-10-6-15(21)22-8-14(10)23/h3-4,6-8H,1-2,5,9H2,(H2,21,22). The Hall–Kier alpha value is -1.95. The zero-order chi connectivity index (χ0) is 16.6. The number of halogens is 4. The maximum atomic E-state index is 12.7. The summed E-state index contributed by atoms with van der Waals surface area (Å²) in [6.07, 6.45) is -0.808. The summed E-state index contributed by atoms with van der Waals surface area (Å²) in [5.74, 6) is 0.471. The molecule has 2 heterocycles. The largest absolute Gasteiger partial charge is 0.416 e. The number of anilines is 2. The molecule has 0 saturated carbocycles. The third-order valence-electron chi connectivity index (χ3n) is 3.94. The van der Waals surface area contributed by atoms with E-state index in [1.807, 2.05) is 6.07 Å². The van der Waals surface area contributed by atoms with Gasteiger partial charge in [-0.1, -0.05) is 17.7 Å². The zero-order valence-electron chi connectivity index (χ0n) is 12.2. The maximum absolute atomic E-state index is 12.7. The molecule has 7 heteroatoms. The molecule has 1 aliphatic rings. The van der Waals surface area contributed by atoms with Crippen LogP contribution in [0.1, 0.15) is 23.1 Å². The van der Waals surface area contributed by atoms with Crippen LogP contribution in [0.25, 0.3) is 0 Å². The van der Waals surface area contributed by atoms with Crippen LogP contribution in [0.4, 0.5) is 24.7 Å². The van der Waals surface area contributed by atoms with Crippen molar-refractivity contribution in [3.8, 4) is 0 Å². The van der Waals surface area contributed by atoms with Crippen molar-refractivity contribution in [2.75, 3.05) is 17.2 Å². The summed E-state index contributed by atoms with van der Waals surface area (Å²) >= 11 is 6.04. The first kappa shape index (κ1) is 15.9. The molecule has 0 aliphatic carbocycles. The van der Waals surface area contributed by atoms with Gasteiger partial charge in [0.2, 0.25) is 0 Å². The predicted molar refractivity (Wildman–Crippen MR) is 84.5 cm³/mol. The monoisotopic (exact) mass is 341 g/mol. The topological polar surface area (TPSA) is 42.1 Å². The van der Waals surface area contributed by atoms with Crippen LogP contribution < -0.4 is 10.6 Å². The van der Waals surface area contributed by atoms with Crippen molar-refractivity contribution in [3.63, 3.8) is 0 Å². The lowest BCUT2D eigenvalue weighted by atomic mass is 10.0. The van der Waals surface area contributed by atoms with E-state index in [0.29, 0.717) is 17.9 Å². The number of aryl methyl sites for hydroxylation is 1. The summed E-state index contributed by atoms with van der Waals surface area (Å²) in [5, 5.41) is 0.121. The summed E-state index contributed by atoms with van der Waals surface area (Å²) in [5.41, 5.74) is 7.69. The van der Waals surface area contributed by atoms with Gasteiger partial charge in [0.15, 0.2) is 0 Å². The van der Waals surface area contributed by atoms with E-state index in [2.05, 4.69) is 9.88 Å². The molecular formula is C16H15ClF3N3. The fraction of sp³-hybridized carbons (Fsp3) is 0.312. The van der Waals surface area contributed by atoms with Crippen LogP contribution in [0.2, 0.25) is 5.02 Å². The van der Waals surface area contributed by atoms with Gasteiger partial charge in [0.1, 0.15) is 5.82 Å². The van der Waals surface area contributed by atoms with Crippen molar-refractivity contribution in [3.05, 3.63) is 52.2 Å². The van der Waals surface area contributed by atoms with E-state index in [0.717, 1.165) is 42.8 Å². The molecule has 0 bridgehead atoms. The highest BCUT2D eigenvalue weighted by Crippen LogP contribution is 2.34. The molecule has 1 aliphatic heterocycles. The van der Waals surface area contributed by atoms with E-state index in [1.165, 1.54) is 6.07 Å². The Morgan fingerprint density at radius 3 is 2.74 bits per heavy atom. The van der Waals surface area contributed by atoms with E-state index in [4.69, 9.17) is 17.3 Å². The van der Waals surface area contributed by atoms with Crippen molar-refractivity contribution < 1.29 is 13.2 Å². The molecule has 0 saturated heterocycles. The molecule has 0 fully saturated rings. The van der Waals surface area contributed by atoms with Crippen LogP contribution >= 0.6 is 11.6 Å². The first-order chi connectivity index (χ1) is 10.8. The van der Waals surface area contributed by atoms with Crippen molar-refractivity contribution in [1.29, 1.82) is 0 Å². The summed E-state index contributed by atoms with van der Waals surface area (Å²) in [6.45, 7) is 1.24. The van der Waals surface area contributed by atoms with Crippen LogP contribution in [0, 0.1) is 0 Å². The van der Waals surface area contributed by atoms with E-state index in [9.17, 15) is 13.2 Å². The number of benzene rings is 1. The van der Waals surface area contributed by atoms with E-state index in [1.54, 1.807) is 6.20 Å². The number of pyridine rings is 1. The van der Waals surface area contributed by atoms with Gasteiger partial charge >= 0.3 is 6.18 Å². The van der Waals surface area contributed by atoms with Gasteiger partial charge in [0, 0.05) is 18.1 Å². The lowest BCUT2D eigenvalue weighted by molar-refractivity contribution is -0.137. The van der Waals surface area contributed by atoms with Crippen LogP contribution in [-0.4, -0.2) is 11.5 Å². The number of fused-ring (bicyclic) bond motifs is 1. The quantitative estimate of drug-likeness (QED) is 0.886. The minimum atomic E-state index is -4.39. The number of nitrogens with two attached hydrogens (primary N) is 1. The third kappa shape index (κ3) is 3.37. The SMILES string of the molecule is Nc1cc2c(cn1)N(Cc1ccc(C(F)(F)F)cc1Cl)CCC2. The number of aromatic nitrogens is 1. The first-order valence-electron chi connectivity index (χ1n) is 7.19. The fourth-order valence-corrected chi connectivity index (χ4v) is 3.04. The summed E-state index contributed by atoms with van der Waals surface area (Å²) in [4.78, 5) is 6.18. The number of nitrogen functional groups attached to an aromatic ring is 1. The van der Waals surface area contributed by atoms with Gasteiger partial charge in [-0.15, -0.1) is 0 Å². The molecule has 1 aromatic heterocycles. The molecule has 3 nitrogen and oxygen atoms in total. The number of rotatable bonds is 2. The molecule has 122 valence electrons. The highest BCUT2D eigenvalue weighted by molar-refractivity contribution is 6.31. The Morgan fingerprint density at radius 2 is 2.04 bits per heavy atom. The average Bonchev–Trinajstić information content (AvgIpc) is 2.48. The summed E-state index contributed by atoms with van der Waals surface area (Å²) < 4.78 is 38.1. The lowest BCUT2D eigenvalue weighted by Crippen LogP contribution is -2.29. The highest BCUT2D eigenvalue weighted by Gasteiger charge is 2.31. The number of hydrogen-bond acceptors (Lipinski definition) is 3. The van der Waals surface area contributed by atoms with Gasteiger partial charge in [-0.3, -0.25) is 0 Å². The molecule has 0 atom stereocenters. The lowest BCUT2D eigenvalue weighted by Gasteiger charge is -2.31. The van der Waals surface area contributed by atoms with Crippen LogP contribution in [-0.2, 0) is 19.1 Å². The first-order valence-corrected chi connectivity index (χ1v) is 7.57. The molecule has 0 radical (unpaired) electrons. The van der Waals surface area contributed by atoms with Gasteiger partial charge in [-0.05, 0) is 42.2 Å². The molecule has 0 unspecified atom stereocenters. The van der Waals surface area contributed by atoms with E-state index < -0.39 is 11.7 Å². The van der Waals surface area contributed by atoms with Gasteiger partial charge in [-0.25, -0.2) is 4.98 Å². The van der Waals surface area contributed by atoms with Crippen LogP contribution in [0.5, 0.6) is 0 Å². The minimum absolute atomic E-state index is 0.121. The Bertz CT molecular complexity index is 731. The van der Waals surface area contributed by atoms with Gasteiger partial charge in [0.25, 0.3) is 0 Å². The molecule has 23 heavy (non-hydrogen) atoms. The molecule has 3 rings (SSSR count). The molecule has 2 N–H and O–H groups in total. The van der Waals surface area contributed by atoms with E-state index >= 15 is 0 Å². The zero-order valence-corrected chi connectivity index (χ0v) is 13.0. The van der Waals surface area contributed by atoms with Crippen molar-refractivity contribution in [1.82, 2.24) is 4.98 Å². The van der Waals surface area contributed by atoms with Crippen LogP contribution in [0.15, 0.2) is 30.5 Å². The molecule has 0 spiro atoms. The predicted octanol–water partition coefficient (Wildman–Crippen LogP) is 4.29. The highest BCUT2D eigenvalue weighted by atomic mass is 35.5. The van der Waals surface area contributed by atoms with Gasteiger partial charge in [-0.2, -0.15) is 13.2 Å². The Balaban J connectivity index is 1.86. The second-order valence-electron chi connectivity index (χ2n) is 5.57. The molecule has 1 aromatic carbocycles. The van der Waals surface area contributed by atoms with Gasteiger partial charge in [0.05, 0.1) is 17.4 Å². The summed E-state index contributed by atoms with van der Waals surface area (Å²) in [6, 6.07) is 5.32. The maximum Gasteiger partial charge on any atom is 0.416 e. The molecule has 2 aromatic rings. The van der Waals surface area contributed by atoms with Crippen molar-refractivity contribution in [2.45, 2.75) is 25.6 Å². The normalized spacial score (nSPS) is 14.7. The third-order valence-corrected chi connectivity index (χ3v) is 4.30. The Labute approximate surface area is 136 Å². The summed E-state index contributed by atoms with van der Waals surface area (Å²) in [7, 11) is 0. The van der Waals surface area contributed by atoms with Crippen LogP contribution in [0.3, 0.4) is 0 Å². The van der Waals surface area contributed by atoms with Crippen molar-refractivity contribution in [2.24, 2.45) is 0 Å². The second kappa shape index (κ2) is 5.92. The number of hydrogen-bond donors (Lipinski definition) is 1. The average molecular weight is 342 g/mol. The Morgan fingerprint density at radius 1 is 1.26 bits per heavy atom. The van der Waals surface area contributed by atoms with Crippen molar-refractivity contribution >= 4 is 23.1 Å². The molecular weight excluding hydrogens is 327 g/mol. The minimum Gasteiger partial charge on any atom is -0.384 e.